The molecule has 0 atom stereocenters. The summed E-state index contributed by atoms with van der Waals surface area (Å²) in [6, 6.07) is 46.2. The third kappa shape index (κ3) is 6.53. The molecule has 0 bridgehead atoms. The van der Waals surface area contributed by atoms with Crippen LogP contribution < -0.4 is 59.5 Å². The predicted molar refractivity (Wildman–Crippen MR) is 274 cm³/mol. The molecule has 1 aromatic heterocycles. The fourth-order valence-electron chi connectivity index (χ4n) is 8.65. The van der Waals surface area contributed by atoms with Crippen molar-refractivity contribution in [3.63, 3.8) is 0 Å². The number of furan rings is 1. The van der Waals surface area contributed by atoms with Gasteiger partial charge in [0.2, 0.25) is 0 Å². The highest BCUT2D eigenvalue weighted by Gasteiger charge is 2.18. The summed E-state index contributed by atoms with van der Waals surface area (Å²) >= 11 is 0. The number of rotatable bonds is 7. The molecule has 0 aliphatic carbocycles. The standard InChI is InChI=1S/C44H41B10NO/c45-35-33(36(46)40(50)43(53)39(35)49)23-10-16-29(17-11-23)55(30-18-12-24(13-19-30)34-37(47)41(51)44(54)42(52)38(34)48)28-14-8-22(9-15-28)25-5-3-6-26(20-25)32-21-27-4-1-2-7-31(27)56-32/h1-21H,45-54H2. The fourth-order valence-corrected chi connectivity index (χ4v) is 8.65. The van der Waals surface area contributed by atoms with Crippen LogP contribution in [0, 0.1) is 0 Å². The Balaban J connectivity index is 1.19. The average Bonchev–Trinajstić information content (AvgIpc) is 3.67. The number of benzene rings is 7. The lowest BCUT2D eigenvalue weighted by Gasteiger charge is -2.27. The van der Waals surface area contributed by atoms with Gasteiger partial charge >= 0.3 is 0 Å². The summed E-state index contributed by atoms with van der Waals surface area (Å²) in [7, 11) is 22.5. The minimum absolute atomic E-state index is 0.880. The van der Waals surface area contributed by atoms with Gasteiger partial charge in [0, 0.05) is 28.0 Å². The van der Waals surface area contributed by atoms with Crippen molar-refractivity contribution < 1.29 is 4.42 Å². The van der Waals surface area contributed by atoms with Crippen molar-refractivity contribution in [1.82, 2.24) is 0 Å². The van der Waals surface area contributed by atoms with Crippen molar-refractivity contribution in [3.05, 3.63) is 127 Å². The molecule has 258 valence electrons. The summed E-state index contributed by atoms with van der Waals surface area (Å²) in [5.41, 5.74) is 26.5. The minimum atomic E-state index is 0.880. The molecule has 0 radical (unpaired) electrons. The Morgan fingerprint density at radius 3 is 1.16 bits per heavy atom. The first kappa shape index (κ1) is 37.5. The van der Waals surface area contributed by atoms with Gasteiger partial charge in [0.15, 0.2) is 0 Å². The lowest BCUT2D eigenvalue weighted by molar-refractivity contribution is 0.631. The van der Waals surface area contributed by atoms with Crippen LogP contribution in [-0.4, -0.2) is 78.5 Å². The van der Waals surface area contributed by atoms with Crippen LogP contribution in [0.4, 0.5) is 17.1 Å². The quantitative estimate of drug-likeness (QED) is 0.155. The summed E-state index contributed by atoms with van der Waals surface area (Å²) in [5, 5.41) is 1.11. The van der Waals surface area contributed by atoms with Crippen LogP contribution >= 0.6 is 0 Å². The first-order chi connectivity index (χ1) is 26.9. The van der Waals surface area contributed by atoms with Gasteiger partial charge in [-0.15, -0.1) is 32.8 Å². The second-order valence-corrected chi connectivity index (χ2v) is 15.7. The number of para-hydroxylation sites is 1. The van der Waals surface area contributed by atoms with Crippen LogP contribution in [0.15, 0.2) is 132 Å². The molecule has 7 aromatic carbocycles. The summed E-state index contributed by atoms with van der Waals surface area (Å²) < 4.78 is 6.22. The molecule has 0 saturated heterocycles. The summed E-state index contributed by atoms with van der Waals surface area (Å²) in [5.74, 6) is 0.880. The molecule has 8 aromatic rings. The molecule has 0 spiro atoms. The van der Waals surface area contributed by atoms with Crippen molar-refractivity contribution in [3.8, 4) is 44.7 Å². The summed E-state index contributed by atoms with van der Waals surface area (Å²) in [4.78, 5) is 2.37. The van der Waals surface area contributed by atoms with E-state index in [1.807, 2.05) is 18.2 Å². The van der Waals surface area contributed by atoms with E-state index in [-0.39, 0.29) is 0 Å². The number of anilines is 3. The van der Waals surface area contributed by atoms with Gasteiger partial charge in [-0.3, -0.25) is 0 Å². The Labute approximate surface area is 341 Å². The first-order valence-electron chi connectivity index (χ1n) is 19.8. The molecule has 0 fully saturated rings. The molecule has 2 nitrogen and oxygen atoms in total. The monoisotopic (exact) mass is 709 g/mol. The van der Waals surface area contributed by atoms with Crippen molar-refractivity contribution in [2.24, 2.45) is 0 Å². The SMILES string of the molecule is Bc1c(B)c(B)c(-c2ccc(N(c3ccc(-c4cccc(-c5cc6ccccc6o5)c4)cc3)c3ccc(-c4c(B)c(B)c(B)c(B)c4B)cc3)cc2)c(B)c1B. The Hall–Kier alpha value is -5.47. The van der Waals surface area contributed by atoms with Gasteiger partial charge in [-0.1, -0.05) is 94.6 Å². The minimum Gasteiger partial charge on any atom is -0.456 e. The Morgan fingerprint density at radius 1 is 0.321 bits per heavy atom. The van der Waals surface area contributed by atoms with Crippen LogP contribution in [0.2, 0.25) is 0 Å². The lowest BCUT2D eigenvalue weighted by atomic mass is 9.59. The second kappa shape index (κ2) is 14.9. The zero-order valence-corrected chi connectivity index (χ0v) is 34.5. The van der Waals surface area contributed by atoms with Crippen molar-refractivity contribution in [1.29, 1.82) is 0 Å². The zero-order chi connectivity index (χ0) is 39.4. The van der Waals surface area contributed by atoms with Gasteiger partial charge in [-0.2, -0.15) is 0 Å². The van der Waals surface area contributed by atoms with E-state index in [9.17, 15) is 0 Å². The third-order valence-electron chi connectivity index (χ3n) is 12.9. The smallest absolute Gasteiger partial charge is 0.139 e. The van der Waals surface area contributed by atoms with E-state index >= 15 is 0 Å². The molecule has 0 aliphatic rings. The van der Waals surface area contributed by atoms with E-state index in [1.165, 1.54) is 76.9 Å². The highest BCUT2D eigenvalue weighted by Crippen LogP contribution is 2.38. The van der Waals surface area contributed by atoms with Crippen LogP contribution in [0.25, 0.3) is 55.7 Å². The van der Waals surface area contributed by atoms with Crippen molar-refractivity contribution >= 4 is 161 Å². The topological polar surface area (TPSA) is 16.4 Å². The molecule has 12 heteroatoms. The Morgan fingerprint density at radius 2 is 0.714 bits per heavy atom. The first-order valence-corrected chi connectivity index (χ1v) is 19.8. The molecule has 0 unspecified atom stereocenters. The largest absolute Gasteiger partial charge is 0.456 e. The number of nitrogens with zero attached hydrogens (tertiary/aromatic N) is 1. The highest BCUT2D eigenvalue weighted by atomic mass is 16.3. The highest BCUT2D eigenvalue weighted by molar-refractivity contribution is 6.69. The Bertz CT molecular complexity index is 2590. The van der Waals surface area contributed by atoms with Gasteiger partial charge in [0.25, 0.3) is 0 Å². The van der Waals surface area contributed by atoms with E-state index in [0.717, 1.165) is 50.5 Å². The van der Waals surface area contributed by atoms with Gasteiger partial charge in [0.05, 0.1) is 0 Å². The summed E-state index contributed by atoms with van der Waals surface area (Å²) in [6.45, 7) is 0. The lowest BCUT2D eigenvalue weighted by Crippen LogP contribution is -2.55. The van der Waals surface area contributed by atoms with Gasteiger partial charge in [-0.25, -0.2) is 0 Å². The third-order valence-corrected chi connectivity index (χ3v) is 12.9. The van der Waals surface area contributed by atoms with E-state index in [2.05, 4.69) is 193 Å². The zero-order valence-electron chi connectivity index (χ0n) is 34.5. The molecule has 0 N–H and O–H groups in total. The molecular weight excluding hydrogens is 667 g/mol. The molecule has 8 rings (SSSR count). The van der Waals surface area contributed by atoms with E-state index in [0.29, 0.717) is 0 Å². The van der Waals surface area contributed by atoms with Crippen LogP contribution in [0.5, 0.6) is 0 Å². The van der Waals surface area contributed by atoms with Crippen LogP contribution in [0.3, 0.4) is 0 Å². The maximum absolute atomic E-state index is 6.22. The molecule has 0 amide bonds. The molecule has 0 aliphatic heterocycles. The normalized spacial score (nSPS) is 11.2. The van der Waals surface area contributed by atoms with E-state index in [4.69, 9.17) is 4.42 Å². The van der Waals surface area contributed by atoms with E-state index in [1.54, 1.807) is 0 Å². The maximum atomic E-state index is 6.22. The average molecular weight is 708 g/mol. The van der Waals surface area contributed by atoms with Gasteiger partial charge < -0.3 is 9.32 Å². The molecular formula is C44H41B10NO. The van der Waals surface area contributed by atoms with Gasteiger partial charge in [0.1, 0.15) is 89.8 Å². The van der Waals surface area contributed by atoms with Crippen molar-refractivity contribution in [2.75, 3.05) is 4.90 Å². The Kier molecular flexibility index (Phi) is 9.95. The van der Waals surface area contributed by atoms with Crippen LogP contribution in [-0.2, 0) is 0 Å². The second-order valence-electron chi connectivity index (χ2n) is 15.7. The number of hydrogen-bond donors (Lipinski definition) is 0. The summed E-state index contributed by atoms with van der Waals surface area (Å²) in [6.07, 6.45) is 0. The fraction of sp³-hybridized carbons (Fsp3) is 0. The van der Waals surface area contributed by atoms with E-state index < -0.39 is 0 Å². The molecule has 1 heterocycles. The van der Waals surface area contributed by atoms with Gasteiger partial charge in [-0.05, 0) is 88.0 Å². The maximum Gasteiger partial charge on any atom is 0.139 e. The molecule has 0 saturated carbocycles. The van der Waals surface area contributed by atoms with Crippen molar-refractivity contribution in [2.45, 2.75) is 0 Å². The number of hydrogen-bond acceptors (Lipinski definition) is 2. The predicted octanol–water partition coefficient (Wildman–Crippen LogP) is -4.85. The number of fused-ring (bicyclic) bond motifs is 1. The molecule has 56 heavy (non-hydrogen) atoms. The van der Waals surface area contributed by atoms with Crippen LogP contribution in [0.1, 0.15) is 0 Å².